The molecule has 1 N–H and O–H groups in total. The van der Waals surface area contributed by atoms with E-state index < -0.39 is 10.0 Å². The molecule has 1 saturated heterocycles. The van der Waals surface area contributed by atoms with E-state index in [0.717, 1.165) is 33.8 Å². The lowest BCUT2D eigenvalue weighted by Crippen LogP contribution is -2.42. The first kappa shape index (κ1) is 23.3. The maximum absolute atomic E-state index is 13.2. The van der Waals surface area contributed by atoms with Gasteiger partial charge >= 0.3 is 0 Å². The molecule has 0 radical (unpaired) electrons. The maximum Gasteiger partial charge on any atom is 0.265 e. The van der Waals surface area contributed by atoms with E-state index >= 15 is 0 Å². The number of para-hydroxylation sites is 1. The second-order valence-corrected chi connectivity index (χ2v) is 11.0. The molecular formula is C25H28N2O4S2. The van der Waals surface area contributed by atoms with Crippen molar-refractivity contribution in [1.82, 2.24) is 4.90 Å². The van der Waals surface area contributed by atoms with Gasteiger partial charge in [0.1, 0.15) is 21.6 Å². The first-order valence-corrected chi connectivity index (χ1v) is 13.3. The largest absolute Gasteiger partial charge is 0.490 e. The van der Waals surface area contributed by atoms with E-state index in [2.05, 4.69) is 4.72 Å². The number of ether oxygens (including phenoxy) is 1. The number of nitrogens with zero attached hydrogens (tertiary/aromatic N) is 1. The van der Waals surface area contributed by atoms with Crippen LogP contribution in [0.25, 0.3) is 0 Å². The fraction of sp³-hybridized carbons (Fsp3) is 0.320. The van der Waals surface area contributed by atoms with Crippen molar-refractivity contribution < 1.29 is 17.9 Å². The number of anilines is 1. The van der Waals surface area contributed by atoms with Crippen LogP contribution in [0.3, 0.4) is 0 Å². The first-order chi connectivity index (χ1) is 15.7. The Morgan fingerprint density at radius 1 is 1.00 bits per heavy atom. The molecule has 0 unspecified atom stereocenters. The molecule has 33 heavy (non-hydrogen) atoms. The third kappa shape index (κ3) is 5.23. The van der Waals surface area contributed by atoms with Crippen molar-refractivity contribution in [2.24, 2.45) is 0 Å². The second kappa shape index (κ2) is 9.57. The molecule has 1 fully saturated rings. The van der Waals surface area contributed by atoms with Gasteiger partial charge in [-0.2, -0.15) is 0 Å². The molecule has 6 nitrogen and oxygen atoms in total. The molecule has 2 aromatic carbocycles. The molecule has 1 aliphatic heterocycles. The summed E-state index contributed by atoms with van der Waals surface area (Å²) in [7, 11) is -3.87. The number of amides is 1. The Morgan fingerprint density at radius 3 is 2.27 bits per heavy atom. The first-order valence-electron chi connectivity index (χ1n) is 10.9. The van der Waals surface area contributed by atoms with Crippen molar-refractivity contribution in [3.8, 4) is 5.75 Å². The minimum Gasteiger partial charge on any atom is -0.490 e. The van der Waals surface area contributed by atoms with E-state index in [1.807, 2.05) is 51.1 Å². The summed E-state index contributed by atoms with van der Waals surface area (Å²) in [5.74, 6) is 0.663. The van der Waals surface area contributed by atoms with Crippen molar-refractivity contribution in [3.63, 3.8) is 0 Å². The number of carbonyl (C=O) groups excluding carboxylic acids is 1. The molecule has 8 heteroatoms. The van der Waals surface area contributed by atoms with Gasteiger partial charge in [0.2, 0.25) is 0 Å². The van der Waals surface area contributed by atoms with Crippen LogP contribution in [-0.4, -0.2) is 38.4 Å². The monoisotopic (exact) mass is 484 g/mol. The van der Waals surface area contributed by atoms with Gasteiger partial charge in [0.15, 0.2) is 0 Å². The van der Waals surface area contributed by atoms with E-state index in [4.69, 9.17) is 4.74 Å². The number of sulfonamides is 1. The van der Waals surface area contributed by atoms with Gasteiger partial charge in [0, 0.05) is 31.6 Å². The molecule has 2 heterocycles. The fourth-order valence-electron chi connectivity index (χ4n) is 3.97. The number of piperidine rings is 1. The van der Waals surface area contributed by atoms with Crippen LogP contribution in [0.5, 0.6) is 5.75 Å². The van der Waals surface area contributed by atoms with Crippen LogP contribution in [0.15, 0.2) is 58.8 Å². The number of nitrogens with one attached hydrogen (secondary N) is 1. The Balaban J connectivity index is 1.43. The van der Waals surface area contributed by atoms with E-state index in [-0.39, 0.29) is 21.8 Å². The Hall–Kier alpha value is -2.84. The molecule has 1 aliphatic rings. The number of benzene rings is 2. The average Bonchev–Trinajstić information content (AvgIpc) is 3.29. The maximum atomic E-state index is 13.2. The van der Waals surface area contributed by atoms with Gasteiger partial charge < -0.3 is 9.64 Å². The zero-order valence-electron chi connectivity index (χ0n) is 19.0. The number of aryl methyl sites for hydroxylation is 3. The fourth-order valence-corrected chi connectivity index (χ4v) is 6.42. The van der Waals surface area contributed by atoms with Gasteiger partial charge in [-0.25, -0.2) is 8.42 Å². The van der Waals surface area contributed by atoms with Crippen LogP contribution in [0.4, 0.5) is 5.69 Å². The smallest absolute Gasteiger partial charge is 0.265 e. The van der Waals surface area contributed by atoms with E-state index in [0.29, 0.717) is 31.6 Å². The molecule has 0 bridgehead atoms. The minimum absolute atomic E-state index is 0.0204. The molecule has 1 amide bonds. The molecule has 0 spiro atoms. The highest BCUT2D eigenvalue weighted by Gasteiger charge is 2.30. The van der Waals surface area contributed by atoms with Crippen LogP contribution in [0, 0.1) is 20.8 Å². The normalized spacial score (nSPS) is 14.8. The third-order valence-electron chi connectivity index (χ3n) is 5.84. The number of hydrogen-bond donors (Lipinski definition) is 1. The molecule has 3 aromatic rings. The Morgan fingerprint density at radius 2 is 1.64 bits per heavy atom. The van der Waals surface area contributed by atoms with Crippen molar-refractivity contribution in [2.45, 2.75) is 44.6 Å². The van der Waals surface area contributed by atoms with Gasteiger partial charge in [-0.05, 0) is 55.5 Å². The van der Waals surface area contributed by atoms with Crippen LogP contribution in [-0.2, 0) is 10.0 Å². The lowest BCUT2D eigenvalue weighted by molar-refractivity contribution is 0.0594. The Bertz CT molecular complexity index is 1220. The summed E-state index contributed by atoms with van der Waals surface area (Å²) in [6.07, 6.45) is 1.44. The molecule has 4 rings (SSSR count). The van der Waals surface area contributed by atoms with Crippen LogP contribution >= 0.6 is 11.3 Å². The highest BCUT2D eigenvalue weighted by atomic mass is 32.2. The third-order valence-corrected chi connectivity index (χ3v) is 8.29. The van der Waals surface area contributed by atoms with Gasteiger partial charge in [0.05, 0.1) is 0 Å². The summed E-state index contributed by atoms with van der Waals surface area (Å²) < 4.78 is 34.8. The van der Waals surface area contributed by atoms with Crippen molar-refractivity contribution in [3.05, 3.63) is 75.5 Å². The summed E-state index contributed by atoms with van der Waals surface area (Å²) in [5.41, 5.74) is 3.70. The minimum atomic E-state index is -3.87. The predicted octanol–water partition coefficient (Wildman–Crippen LogP) is 5.16. The van der Waals surface area contributed by atoms with Gasteiger partial charge in [-0.3, -0.25) is 9.52 Å². The quantitative estimate of drug-likeness (QED) is 0.525. The van der Waals surface area contributed by atoms with Gasteiger partial charge in [0.25, 0.3) is 15.9 Å². The molecule has 0 aliphatic carbocycles. The van der Waals surface area contributed by atoms with Crippen LogP contribution < -0.4 is 9.46 Å². The molecule has 0 atom stereocenters. The van der Waals surface area contributed by atoms with Crippen LogP contribution in [0.1, 0.15) is 39.2 Å². The summed E-state index contributed by atoms with van der Waals surface area (Å²) in [4.78, 5) is 15.2. The highest BCUT2D eigenvalue weighted by molar-refractivity contribution is 7.93. The van der Waals surface area contributed by atoms with E-state index in [1.165, 1.54) is 6.07 Å². The summed E-state index contributed by atoms with van der Waals surface area (Å²) in [6, 6.07) is 14.7. The average molecular weight is 485 g/mol. The summed E-state index contributed by atoms with van der Waals surface area (Å²) in [6.45, 7) is 7.05. The lowest BCUT2D eigenvalue weighted by atomic mass is 10.1. The van der Waals surface area contributed by atoms with Crippen LogP contribution in [0.2, 0.25) is 0 Å². The zero-order valence-corrected chi connectivity index (χ0v) is 20.6. The number of likely N-dealkylation sites (tertiary alicyclic amines) is 1. The number of rotatable bonds is 6. The number of carbonyl (C=O) groups is 1. The Kier molecular flexibility index (Phi) is 6.76. The topological polar surface area (TPSA) is 75.7 Å². The summed E-state index contributed by atoms with van der Waals surface area (Å²) >= 11 is 1.16. The molecular weight excluding hydrogens is 456 g/mol. The van der Waals surface area contributed by atoms with Gasteiger partial charge in [-0.1, -0.05) is 35.9 Å². The second-order valence-electron chi connectivity index (χ2n) is 8.42. The Labute approximate surface area is 199 Å². The van der Waals surface area contributed by atoms with Crippen molar-refractivity contribution in [1.29, 1.82) is 0 Å². The summed E-state index contributed by atoms with van der Waals surface area (Å²) in [5, 5.41) is 1.65. The van der Waals surface area contributed by atoms with E-state index in [9.17, 15) is 13.2 Å². The van der Waals surface area contributed by atoms with Gasteiger partial charge in [-0.15, -0.1) is 11.3 Å². The van der Waals surface area contributed by atoms with Crippen molar-refractivity contribution >= 4 is 33.0 Å². The lowest BCUT2D eigenvalue weighted by Gasteiger charge is -2.32. The molecule has 1 aromatic heterocycles. The zero-order chi connectivity index (χ0) is 23.6. The van der Waals surface area contributed by atoms with Crippen molar-refractivity contribution in [2.75, 3.05) is 17.8 Å². The number of hydrogen-bond acceptors (Lipinski definition) is 5. The molecule has 174 valence electrons. The van der Waals surface area contributed by atoms with E-state index in [1.54, 1.807) is 22.4 Å². The molecule has 0 saturated carbocycles. The predicted molar refractivity (Wildman–Crippen MR) is 132 cm³/mol. The standard InChI is InChI=1S/C25H28N2O4S2/c1-17-7-9-20(10-8-17)26-33(29,30)22-13-16-32-24(22)25(28)27-14-11-21(12-15-27)31-23-18(2)5-4-6-19(23)3/h4-10,13,16,21,26H,11-12,14-15H2,1-3H3. The highest BCUT2D eigenvalue weighted by Crippen LogP contribution is 2.29. The SMILES string of the molecule is Cc1ccc(NS(=O)(=O)c2ccsc2C(=O)N2CCC(Oc3c(C)cccc3C)CC2)cc1. The number of thiophene rings is 1.